The van der Waals surface area contributed by atoms with E-state index in [2.05, 4.69) is 0 Å². The van der Waals surface area contributed by atoms with Gasteiger partial charge in [-0.15, -0.1) is 0 Å². The number of alkyl halides is 3. The van der Waals surface area contributed by atoms with Crippen LogP contribution in [0, 0.1) is 0 Å². The maximum Gasteiger partial charge on any atom is 0.401 e. The topological polar surface area (TPSA) is 38.5 Å². The van der Waals surface area contributed by atoms with Crippen molar-refractivity contribution in [3.05, 3.63) is 0 Å². The van der Waals surface area contributed by atoms with Gasteiger partial charge in [0.15, 0.2) is 0 Å². The Morgan fingerprint density at radius 2 is 1.88 bits per heavy atom. The Bertz CT molecular complexity index is 198. The Morgan fingerprint density at radius 1 is 1.29 bits per heavy atom. The first-order chi connectivity index (χ1) is 7.76. The third-order valence-corrected chi connectivity index (χ3v) is 2.51. The van der Waals surface area contributed by atoms with Crippen LogP contribution in [0.4, 0.5) is 13.2 Å². The van der Waals surface area contributed by atoms with E-state index in [1.54, 1.807) is 21.0 Å². The Labute approximate surface area is 101 Å². The van der Waals surface area contributed by atoms with E-state index in [1.165, 1.54) is 4.90 Å². The van der Waals surface area contributed by atoms with Gasteiger partial charge in [0.05, 0.1) is 6.54 Å². The molecule has 0 rings (SSSR count). The van der Waals surface area contributed by atoms with Gasteiger partial charge in [-0.05, 0) is 26.7 Å². The summed E-state index contributed by atoms with van der Waals surface area (Å²) in [5.41, 5.74) is 5.81. The summed E-state index contributed by atoms with van der Waals surface area (Å²) in [7, 11) is 1.59. The monoisotopic (exact) mass is 256 g/mol. The highest BCUT2D eigenvalue weighted by Gasteiger charge is 2.32. The highest BCUT2D eigenvalue weighted by atomic mass is 19.4. The van der Waals surface area contributed by atoms with E-state index in [4.69, 9.17) is 10.5 Å². The molecule has 6 heteroatoms. The fourth-order valence-electron chi connectivity index (χ4n) is 1.57. The molecule has 1 atom stereocenters. The lowest BCUT2D eigenvalue weighted by Gasteiger charge is -2.29. The SMILES string of the molecule is COCCCC(N)CN(CC(F)(F)F)C(C)C. The molecule has 0 amide bonds. The lowest BCUT2D eigenvalue weighted by Crippen LogP contribution is -2.45. The van der Waals surface area contributed by atoms with E-state index in [1.807, 2.05) is 0 Å². The average molecular weight is 256 g/mol. The first-order valence-electron chi connectivity index (χ1n) is 5.81. The number of hydrogen-bond donors (Lipinski definition) is 1. The molecular formula is C11H23F3N2O. The molecule has 1 unspecified atom stereocenters. The summed E-state index contributed by atoms with van der Waals surface area (Å²) in [4.78, 5) is 1.36. The second-order valence-electron chi connectivity index (χ2n) is 4.53. The average Bonchev–Trinajstić information content (AvgIpc) is 2.15. The summed E-state index contributed by atoms with van der Waals surface area (Å²) in [6.45, 7) is 3.44. The predicted octanol–water partition coefficient (Wildman–Crippen LogP) is 2.01. The molecule has 0 radical (unpaired) electrons. The summed E-state index contributed by atoms with van der Waals surface area (Å²) in [5, 5.41) is 0. The van der Waals surface area contributed by atoms with Gasteiger partial charge < -0.3 is 10.5 Å². The minimum absolute atomic E-state index is 0.162. The lowest BCUT2D eigenvalue weighted by molar-refractivity contribution is -0.150. The summed E-state index contributed by atoms with van der Waals surface area (Å²) in [6.07, 6.45) is -2.72. The zero-order chi connectivity index (χ0) is 13.5. The predicted molar refractivity (Wildman–Crippen MR) is 61.8 cm³/mol. The Hall–Kier alpha value is -0.330. The van der Waals surface area contributed by atoms with E-state index in [9.17, 15) is 13.2 Å². The van der Waals surface area contributed by atoms with Gasteiger partial charge in [-0.3, -0.25) is 4.90 Å². The van der Waals surface area contributed by atoms with Crippen molar-refractivity contribution < 1.29 is 17.9 Å². The molecule has 104 valence electrons. The quantitative estimate of drug-likeness (QED) is 0.675. The molecule has 0 bridgehead atoms. The van der Waals surface area contributed by atoms with Gasteiger partial charge in [0, 0.05) is 32.3 Å². The van der Waals surface area contributed by atoms with Crippen LogP contribution in [0.1, 0.15) is 26.7 Å². The van der Waals surface area contributed by atoms with E-state index in [0.717, 1.165) is 6.42 Å². The van der Waals surface area contributed by atoms with E-state index in [-0.39, 0.29) is 18.6 Å². The third kappa shape index (κ3) is 9.38. The van der Waals surface area contributed by atoms with Gasteiger partial charge in [0.2, 0.25) is 0 Å². The van der Waals surface area contributed by atoms with E-state index < -0.39 is 12.7 Å². The molecular weight excluding hydrogens is 233 g/mol. The zero-order valence-corrected chi connectivity index (χ0v) is 10.8. The summed E-state index contributed by atoms with van der Waals surface area (Å²) >= 11 is 0. The number of halogens is 3. The van der Waals surface area contributed by atoms with Gasteiger partial charge in [-0.2, -0.15) is 13.2 Å². The second kappa shape index (κ2) is 7.89. The molecule has 0 saturated carbocycles. The van der Waals surface area contributed by atoms with Gasteiger partial charge in [-0.25, -0.2) is 0 Å². The maximum absolute atomic E-state index is 12.3. The lowest BCUT2D eigenvalue weighted by atomic mass is 10.1. The molecule has 0 spiro atoms. The van der Waals surface area contributed by atoms with Crippen molar-refractivity contribution in [3.63, 3.8) is 0 Å². The Kier molecular flexibility index (Phi) is 7.74. The van der Waals surface area contributed by atoms with Crippen molar-refractivity contribution in [1.82, 2.24) is 4.90 Å². The fraction of sp³-hybridized carbons (Fsp3) is 1.00. The van der Waals surface area contributed by atoms with Crippen LogP contribution in [0.15, 0.2) is 0 Å². The van der Waals surface area contributed by atoms with Crippen LogP contribution in [0.25, 0.3) is 0 Å². The highest BCUT2D eigenvalue weighted by molar-refractivity contribution is 4.73. The molecule has 0 saturated heterocycles. The summed E-state index contributed by atoms with van der Waals surface area (Å²) in [6, 6.07) is -0.403. The van der Waals surface area contributed by atoms with E-state index >= 15 is 0 Å². The first-order valence-corrected chi connectivity index (χ1v) is 5.81. The summed E-state index contributed by atoms with van der Waals surface area (Å²) in [5.74, 6) is 0. The molecule has 0 aliphatic rings. The van der Waals surface area contributed by atoms with Crippen LogP contribution in [-0.4, -0.2) is 50.0 Å². The molecule has 2 N–H and O–H groups in total. The van der Waals surface area contributed by atoms with Gasteiger partial charge in [0.1, 0.15) is 0 Å². The molecule has 0 aromatic carbocycles. The van der Waals surface area contributed by atoms with Crippen molar-refractivity contribution in [2.45, 2.75) is 44.9 Å². The number of hydrogen-bond acceptors (Lipinski definition) is 3. The van der Waals surface area contributed by atoms with Gasteiger partial charge in [-0.1, -0.05) is 0 Å². The number of rotatable bonds is 8. The van der Waals surface area contributed by atoms with Crippen molar-refractivity contribution in [2.24, 2.45) is 5.73 Å². The number of nitrogens with zero attached hydrogens (tertiary/aromatic N) is 1. The number of nitrogens with two attached hydrogens (primary N) is 1. The van der Waals surface area contributed by atoms with Crippen LogP contribution in [0.3, 0.4) is 0 Å². The maximum atomic E-state index is 12.3. The first kappa shape index (κ1) is 16.7. The third-order valence-electron chi connectivity index (χ3n) is 2.51. The zero-order valence-electron chi connectivity index (χ0n) is 10.8. The van der Waals surface area contributed by atoms with Crippen molar-refractivity contribution in [3.8, 4) is 0 Å². The van der Waals surface area contributed by atoms with Gasteiger partial charge in [0.25, 0.3) is 0 Å². The number of methoxy groups -OCH3 is 1. The second-order valence-corrected chi connectivity index (χ2v) is 4.53. The minimum atomic E-state index is -4.17. The van der Waals surface area contributed by atoms with Crippen molar-refractivity contribution >= 4 is 0 Å². The molecule has 17 heavy (non-hydrogen) atoms. The molecule has 0 aliphatic carbocycles. The Balaban J connectivity index is 4.07. The van der Waals surface area contributed by atoms with Crippen molar-refractivity contribution in [1.29, 1.82) is 0 Å². The standard InChI is InChI=1S/C11H23F3N2O/c1-9(2)16(8-11(12,13)14)7-10(15)5-4-6-17-3/h9-10H,4-8,15H2,1-3H3. The Morgan fingerprint density at radius 3 is 2.29 bits per heavy atom. The number of ether oxygens (including phenoxy) is 1. The molecule has 0 heterocycles. The molecule has 0 aromatic heterocycles. The van der Waals surface area contributed by atoms with Crippen molar-refractivity contribution in [2.75, 3.05) is 26.8 Å². The normalized spacial score (nSPS) is 14.6. The van der Waals surface area contributed by atoms with Gasteiger partial charge >= 0.3 is 6.18 Å². The molecule has 0 aliphatic heterocycles. The van der Waals surface area contributed by atoms with Crippen LogP contribution < -0.4 is 5.73 Å². The molecule has 3 nitrogen and oxygen atoms in total. The summed E-state index contributed by atoms with van der Waals surface area (Å²) < 4.78 is 41.8. The smallest absolute Gasteiger partial charge is 0.385 e. The van der Waals surface area contributed by atoms with E-state index in [0.29, 0.717) is 13.0 Å². The molecule has 0 fully saturated rings. The highest BCUT2D eigenvalue weighted by Crippen LogP contribution is 2.18. The van der Waals surface area contributed by atoms with Crippen LogP contribution in [-0.2, 0) is 4.74 Å². The largest absolute Gasteiger partial charge is 0.401 e. The van der Waals surface area contributed by atoms with Crippen LogP contribution in [0.2, 0.25) is 0 Å². The van der Waals surface area contributed by atoms with Crippen LogP contribution in [0.5, 0.6) is 0 Å². The fourth-order valence-corrected chi connectivity index (χ4v) is 1.57. The van der Waals surface area contributed by atoms with Crippen LogP contribution >= 0.6 is 0 Å². The molecule has 0 aromatic rings. The minimum Gasteiger partial charge on any atom is -0.385 e.